The van der Waals surface area contributed by atoms with E-state index in [1.165, 1.54) is 30.1 Å². The van der Waals surface area contributed by atoms with Gasteiger partial charge in [-0.15, -0.1) is 12.6 Å². The number of Topliss-reactive ketones (excluding diaryl/α,β-unsaturated/α-hetero) is 1. The molecule has 34 heavy (non-hydrogen) atoms. The van der Waals surface area contributed by atoms with E-state index in [1.54, 1.807) is 0 Å². The van der Waals surface area contributed by atoms with Crippen molar-refractivity contribution >= 4 is 41.6 Å². The molecule has 12 heteroatoms. The average Bonchev–Trinajstić information content (AvgIpc) is 3.04. The van der Waals surface area contributed by atoms with Crippen LogP contribution in [0.3, 0.4) is 0 Å². The number of nitrogens with zero attached hydrogens (tertiary/aromatic N) is 3. The number of thiol groups is 1. The molecule has 2 amide bonds. The first-order chi connectivity index (χ1) is 16.0. The summed E-state index contributed by atoms with van der Waals surface area (Å²) in [5.41, 5.74) is -5.33. The van der Waals surface area contributed by atoms with Crippen molar-refractivity contribution in [3.8, 4) is 6.07 Å². The molecule has 7 nitrogen and oxygen atoms in total. The Morgan fingerprint density at radius 1 is 1.21 bits per heavy atom. The fourth-order valence-corrected chi connectivity index (χ4v) is 4.82. The van der Waals surface area contributed by atoms with Gasteiger partial charge in [0.05, 0.1) is 22.8 Å². The Labute approximate surface area is 196 Å². The quantitative estimate of drug-likeness (QED) is 0.390. The van der Waals surface area contributed by atoms with Crippen molar-refractivity contribution in [3.63, 3.8) is 0 Å². The number of carbonyl (C=O) groups is 3. The summed E-state index contributed by atoms with van der Waals surface area (Å²) in [7, 11) is 1.32. The molecule has 1 heterocycles. The van der Waals surface area contributed by atoms with Crippen LogP contribution >= 0.6 is 12.6 Å². The van der Waals surface area contributed by atoms with Gasteiger partial charge < -0.3 is 10.2 Å². The van der Waals surface area contributed by atoms with E-state index in [1.807, 2.05) is 0 Å². The van der Waals surface area contributed by atoms with E-state index in [9.17, 15) is 31.9 Å². The van der Waals surface area contributed by atoms with E-state index in [2.05, 4.69) is 17.9 Å². The number of hydrogen-bond donors (Lipinski definition) is 2. The molecule has 176 valence electrons. The number of anilines is 2. The molecule has 0 radical (unpaired) electrons. The summed E-state index contributed by atoms with van der Waals surface area (Å²) in [6.45, 7) is 0. The summed E-state index contributed by atoms with van der Waals surface area (Å²) < 4.78 is 55.2. The summed E-state index contributed by atoms with van der Waals surface area (Å²) in [6, 6.07) is 7.69. The first-order valence-electron chi connectivity index (χ1n) is 9.94. The van der Waals surface area contributed by atoms with Gasteiger partial charge in [0.25, 0.3) is 11.8 Å². The van der Waals surface area contributed by atoms with Gasteiger partial charge in [-0.25, -0.2) is 4.39 Å². The van der Waals surface area contributed by atoms with Crippen molar-refractivity contribution in [1.82, 2.24) is 5.32 Å². The third-order valence-corrected chi connectivity index (χ3v) is 6.49. The van der Waals surface area contributed by atoms with Crippen LogP contribution in [0.2, 0.25) is 0 Å². The van der Waals surface area contributed by atoms with E-state index in [0.717, 1.165) is 23.1 Å². The lowest BCUT2D eigenvalue weighted by Gasteiger charge is -2.42. The number of benzene rings is 2. The second-order valence-electron chi connectivity index (χ2n) is 7.76. The highest BCUT2D eigenvalue weighted by Crippen LogP contribution is 2.49. The van der Waals surface area contributed by atoms with E-state index >= 15 is 0 Å². The zero-order valence-electron chi connectivity index (χ0n) is 17.5. The molecule has 1 saturated carbocycles. The Bertz CT molecular complexity index is 1280. The number of alkyl halides is 3. The van der Waals surface area contributed by atoms with E-state index in [-0.39, 0.29) is 29.8 Å². The minimum absolute atomic E-state index is 0.0521. The Morgan fingerprint density at radius 3 is 2.38 bits per heavy atom. The molecular formula is C22H16F4N4O3S. The molecule has 2 unspecified atom stereocenters. The smallest absolute Gasteiger partial charge is 0.355 e. The van der Waals surface area contributed by atoms with Crippen LogP contribution in [0.25, 0.3) is 0 Å². The van der Waals surface area contributed by atoms with Gasteiger partial charge in [-0.3, -0.25) is 19.3 Å². The first kappa shape index (κ1) is 23.6. The third-order valence-electron chi connectivity index (χ3n) is 6.03. The van der Waals surface area contributed by atoms with Crippen molar-refractivity contribution in [2.75, 3.05) is 16.8 Å². The number of carbonyl (C=O) groups excluding carboxylic acids is 3. The molecule has 1 spiro atoms. The molecule has 2 aromatic rings. The van der Waals surface area contributed by atoms with Crippen LogP contribution in [-0.2, 0) is 15.8 Å². The normalized spacial score (nSPS) is 22.1. The van der Waals surface area contributed by atoms with Gasteiger partial charge in [0.1, 0.15) is 5.82 Å². The number of rotatable bonds is 3. The van der Waals surface area contributed by atoms with Gasteiger partial charge in [-0.1, -0.05) is 0 Å². The summed E-state index contributed by atoms with van der Waals surface area (Å²) in [5, 5.41) is 11.3. The molecule has 1 saturated heterocycles. The van der Waals surface area contributed by atoms with Gasteiger partial charge in [0, 0.05) is 24.8 Å². The Kier molecular flexibility index (Phi) is 5.56. The maximum atomic E-state index is 14.7. The van der Waals surface area contributed by atoms with E-state index in [4.69, 9.17) is 5.26 Å². The van der Waals surface area contributed by atoms with Gasteiger partial charge in [0.2, 0.25) is 0 Å². The van der Waals surface area contributed by atoms with Crippen LogP contribution in [-0.4, -0.2) is 35.7 Å². The first-order valence-corrected chi connectivity index (χ1v) is 10.5. The number of amides is 2. The number of nitriles is 1. The zero-order chi connectivity index (χ0) is 25.0. The van der Waals surface area contributed by atoms with Crippen molar-refractivity contribution in [1.29, 1.82) is 5.26 Å². The molecule has 2 aliphatic rings. The minimum Gasteiger partial charge on any atom is -0.355 e. The fraction of sp³-hybridized carbons (Fsp3) is 0.273. The lowest BCUT2D eigenvalue weighted by molar-refractivity contribution is -0.140. The predicted octanol–water partition coefficient (Wildman–Crippen LogP) is 3.24. The number of nitrogens with one attached hydrogen (secondary N) is 1. The van der Waals surface area contributed by atoms with Crippen molar-refractivity contribution in [2.24, 2.45) is 0 Å². The maximum absolute atomic E-state index is 14.7. The van der Waals surface area contributed by atoms with Crippen LogP contribution in [0.1, 0.15) is 34.3 Å². The van der Waals surface area contributed by atoms with Crippen molar-refractivity contribution in [3.05, 3.63) is 58.9 Å². The predicted molar refractivity (Wildman–Crippen MR) is 116 cm³/mol. The van der Waals surface area contributed by atoms with Gasteiger partial charge in [-0.05, 0) is 42.8 Å². The lowest BCUT2D eigenvalue weighted by Crippen LogP contribution is -2.63. The molecule has 2 aromatic carbocycles. The molecule has 0 bridgehead atoms. The van der Waals surface area contributed by atoms with Crippen LogP contribution in [0, 0.1) is 17.1 Å². The summed E-state index contributed by atoms with van der Waals surface area (Å²) >= 11 is 4.41. The molecule has 4 rings (SSSR count). The second kappa shape index (κ2) is 8.02. The largest absolute Gasteiger partial charge is 0.417 e. The third kappa shape index (κ3) is 3.30. The maximum Gasteiger partial charge on any atom is 0.417 e. The Balaban J connectivity index is 1.84. The molecule has 1 N–H and O–H groups in total. The minimum atomic E-state index is -4.86. The van der Waals surface area contributed by atoms with Gasteiger partial charge in [-0.2, -0.15) is 18.4 Å². The molecule has 2 fully saturated rings. The monoisotopic (exact) mass is 492 g/mol. The SMILES string of the molecule is CNC(=O)c1ccc(N2C(S)N(c3ccc(C#N)c(C(F)(F)F)c3)C(=O)C23CCC3=O)cc1F. The van der Waals surface area contributed by atoms with Gasteiger partial charge in [0.15, 0.2) is 16.8 Å². The Hall–Kier alpha value is -3.59. The number of ketones is 1. The van der Waals surface area contributed by atoms with Gasteiger partial charge >= 0.3 is 6.18 Å². The van der Waals surface area contributed by atoms with Crippen LogP contribution in [0.4, 0.5) is 28.9 Å². The highest BCUT2D eigenvalue weighted by atomic mass is 32.1. The fourth-order valence-electron chi connectivity index (χ4n) is 4.26. The molecule has 2 atom stereocenters. The highest BCUT2D eigenvalue weighted by molar-refractivity contribution is 7.81. The van der Waals surface area contributed by atoms with Crippen LogP contribution in [0.15, 0.2) is 36.4 Å². The molecule has 1 aliphatic heterocycles. The van der Waals surface area contributed by atoms with Crippen LogP contribution < -0.4 is 15.1 Å². The zero-order valence-corrected chi connectivity index (χ0v) is 18.4. The Morgan fingerprint density at radius 2 is 1.88 bits per heavy atom. The lowest BCUT2D eigenvalue weighted by atomic mass is 9.73. The van der Waals surface area contributed by atoms with E-state index < -0.39 is 51.8 Å². The standard InChI is InChI=1S/C22H16F4N4O3S/c1-28-18(32)14-5-4-13(9-16(14)23)30-20(34)29(19(33)21(30)7-6-17(21)31)12-3-2-11(10-27)15(8-12)22(24,25)26/h2-5,8-9,20,34H,6-7H2,1H3,(H,28,32). The highest BCUT2D eigenvalue weighted by Gasteiger charge is 2.65. The van der Waals surface area contributed by atoms with Crippen LogP contribution in [0.5, 0.6) is 0 Å². The van der Waals surface area contributed by atoms with Crippen molar-refractivity contribution < 1.29 is 31.9 Å². The number of hydrogen-bond acceptors (Lipinski definition) is 6. The molecular weight excluding hydrogens is 476 g/mol. The number of halogens is 4. The summed E-state index contributed by atoms with van der Waals surface area (Å²) in [5.74, 6) is -2.89. The van der Waals surface area contributed by atoms with Crippen molar-refractivity contribution in [2.45, 2.75) is 30.1 Å². The molecule has 0 aromatic heterocycles. The summed E-state index contributed by atoms with van der Waals surface area (Å²) in [6.07, 6.45) is -4.76. The second-order valence-corrected chi connectivity index (χ2v) is 8.22. The average molecular weight is 492 g/mol. The van der Waals surface area contributed by atoms with E-state index in [0.29, 0.717) is 6.07 Å². The summed E-state index contributed by atoms with van der Waals surface area (Å²) in [4.78, 5) is 40.1. The molecule has 1 aliphatic carbocycles. The topological polar surface area (TPSA) is 93.5 Å².